The number of carbonyl (C=O) groups excluding carboxylic acids is 1. The van der Waals surface area contributed by atoms with Crippen molar-refractivity contribution in [1.82, 2.24) is 30.0 Å². The standard InChI is InChI=1S/C21H24B3N7O2/c22-21(23,24)31-10-15(9-28-31)16-5-13-6-18(27-8-14(13)7-26-16)30-19(32)17-11-33-20(29-17)12-1-3-25-4-2-12/h5-12,25H,1-4,22-24H2,(H,27,30,32). The van der Waals surface area contributed by atoms with Crippen molar-refractivity contribution in [3.05, 3.63) is 54.8 Å². The summed E-state index contributed by atoms with van der Waals surface area (Å²) in [7, 11) is 6.30. The van der Waals surface area contributed by atoms with E-state index in [0.717, 1.165) is 48.0 Å². The van der Waals surface area contributed by atoms with Crippen molar-refractivity contribution in [2.45, 2.75) is 24.0 Å². The van der Waals surface area contributed by atoms with Gasteiger partial charge in [-0.05, 0) is 48.7 Å². The van der Waals surface area contributed by atoms with Crippen molar-refractivity contribution < 1.29 is 9.21 Å². The SMILES string of the molecule is BC(B)(B)n1cc(-c2cc3cc(NC(=O)c4coc(C5CCNCC5)n4)ncc3cn2)cn1. The molecule has 5 heterocycles. The highest BCUT2D eigenvalue weighted by Gasteiger charge is 2.22. The van der Waals surface area contributed by atoms with Gasteiger partial charge in [-0.15, -0.1) is 0 Å². The zero-order valence-electron chi connectivity index (χ0n) is 19.0. The number of rotatable bonds is 5. The number of carbonyl (C=O) groups is 1. The first kappa shape index (κ1) is 21.5. The molecule has 4 aromatic rings. The van der Waals surface area contributed by atoms with Gasteiger partial charge in [0.25, 0.3) is 5.91 Å². The number of oxazole rings is 1. The Bertz CT molecular complexity index is 1310. The Hall–Kier alpha value is -3.40. The second-order valence-electron chi connectivity index (χ2n) is 9.38. The fourth-order valence-electron chi connectivity index (χ4n) is 3.91. The van der Waals surface area contributed by atoms with E-state index in [1.54, 1.807) is 12.4 Å². The fourth-order valence-corrected chi connectivity index (χ4v) is 3.91. The summed E-state index contributed by atoms with van der Waals surface area (Å²) in [5, 5.41) is 12.3. The first-order valence-electron chi connectivity index (χ1n) is 11.2. The third kappa shape index (κ3) is 4.56. The van der Waals surface area contributed by atoms with Crippen LogP contribution in [-0.2, 0) is 5.24 Å². The molecule has 0 atom stereocenters. The van der Waals surface area contributed by atoms with Gasteiger partial charge in [0.05, 0.1) is 11.9 Å². The molecule has 5 rings (SSSR count). The summed E-state index contributed by atoms with van der Waals surface area (Å²) in [4.78, 5) is 26.0. The molecule has 164 valence electrons. The van der Waals surface area contributed by atoms with Crippen LogP contribution in [0.3, 0.4) is 0 Å². The first-order chi connectivity index (χ1) is 15.9. The van der Waals surface area contributed by atoms with Gasteiger partial charge in [0, 0.05) is 35.5 Å². The zero-order chi connectivity index (χ0) is 23.0. The number of fused-ring (bicyclic) bond motifs is 1. The van der Waals surface area contributed by atoms with Crippen LogP contribution in [0, 0.1) is 0 Å². The van der Waals surface area contributed by atoms with E-state index in [2.05, 4.69) is 54.2 Å². The summed E-state index contributed by atoms with van der Waals surface area (Å²) in [5.74, 6) is 0.979. The molecule has 1 amide bonds. The molecule has 0 spiro atoms. The summed E-state index contributed by atoms with van der Waals surface area (Å²) >= 11 is 0. The highest BCUT2D eigenvalue weighted by molar-refractivity contribution is 6.56. The Morgan fingerprint density at radius 3 is 2.67 bits per heavy atom. The molecule has 4 aromatic heterocycles. The highest BCUT2D eigenvalue weighted by Crippen LogP contribution is 2.26. The highest BCUT2D eigenvalue weighted by atomic mass is 16.3. The maximum absolute atomic E-state index is 12.7. The third-order valence-corrected chi connectivity index (χ3v) is 5.85. The number of amides is 1. The normalized spacial score (nSPS) is 15.0. The molecular weight excluding hydrogens is 415 g/mol. The summed E-state index contributed by atoms with van der Waals surface area (Å²) in [6.45, 7) is 1.87. The van der Waals surface area contributed by atoms with Crippen molar-refractivity contribution in [2.24, 2.45) is 0 Å². The van der Waals surface area contributed by atoms with Gasteiger partial charge >= 0.3 is 0 Å². The molecule has 33 heavy (non-hydrogen) atoms. The Morgan fingerprint density at radius 1 is 1.12 bits per heavy atom. The van der Waals surface area contributed by atoms with Gasteiger partial charge in [-0.2, -0.15) is 5.10 Å². The van der Waals surface area contributed by atoms with Gasteiger partial charge in [0.15, 0.2) is 11.6 Å². The molecular formula is C21H24B3N7O2. The second kappa shape index (κ2) is 8.51. The van der Waals surface area contributed by atoms with Crippen LogP contribution in [0.5, 0.6) is 0 Å². The third-order valence-electron chi connectivity index (χ3n) is 5.85. The average Bonchev–Trinajstić information content (AvgIpc) is 3.49. The molecule has 0 saturated carbocycles. The lowest BCUT2D eigenvalue weighted by Gasteiger charge is -2.19. The number of hydrogen-bond donors (Lipinski definition) is 2. The van der Waals surface area contributed by atoms with Crippen LogP contribution in [0.15, 0.2) is 47.6 Å². The van der Waals surface area contributed by atoms with Crippen molar-refractivity contribution >= 4 is 46.0 Å². The minimum absolute atomic E-state index is 0.106. The Balaban J connectivity index is 1.35. The topological polar surface area (TPSA) is 111 Å². The van der Waals surface area contributed by atoms with E-state index in [0.29, 0.717) is 11.7 Å². The molecule has 0 aliphatic carbocycles. The maximum atomic E-state index is 12.7. The van der Waals surface area contributed by atoms with E-state index >= 15 is 0 Å². The molecule has 12 heteroatoms. The summed E-state index contributed by atoms with van der Waals surface area (Å²) in [6, 6.07) is 3.81. The van der Waals surface area contributed by atoms with Crippen LogP contribution < -0.4 is 10.6 Å². The van der Waals surface area contributed by atoms with Crippen LogP contribution in [0.1, 0.15) is 35.1 Å². The molecule has 1 saturated heterocycles. The van der Waals surface area contributed by atoms with Gasteiger partial charge in [-0.25, -0.2) is 9.97 Å². The quantitative estimate of drug-likeness (QED) is 0.410. The van der Waals surface area contributed by atoms with Gasteiger partial charge < -0.3 is 15.1 Å². The van der Waals surface area contributed by atoms with E-state index in [-0.39, 0.29) is 22.8 Å². The van der Waals surface area contributed by atoms with Gasteiger partial charge in [-0.1, -0.05) is 0 Å². The lowest BCUT2D eigenvalue weighted by atomic mass is 9.49. The first-order valence-corrected chi connectivity index (χ1v) is 11.2. The maximum Gasteiger partial charge on any atom is 0.278 e. The number of hydrogen-bond acceptors (Lipinski definition) is 7. The molecule has 1 aliphatic rings. The van der Waals surface area contributed by atoms with Crippen LogP contribution in [0.25, 0.3) is 22.0 Å². The number of aromatic nitrogens is 5. The molecule has 0 unspecified atom stereocenters. The van der Waals surface area contributed by atoms with Crippen molar-refractivity contribution in [2.75, 3.05) is 18.4 Å². The molecule has 0 radical (unpaired) electrons. The van der Waals surface area contributed by atoms with Crippen molar-refractivity contribution in [1.29, 1.82) is 0 Å². The number of nitrogens with zero attached hydrogens (tertiary/aromatic N) is 5. The number of anilines is 1. The molecule has 9 nitrogen and oxygen atoms in total. The number of piperidine rings is 1. The van der Waals surface area contributed by atoms with E-state index < -0.39 is 0 Å². The smallest absolute Gasteiger partial charge is 0.278 e. The van der Waals surface area contributed by atoms with E-state index in [4.69, 9.17) is 4.42 Å². The van der Waals surface area contributed by atoms with E-state index in [1.807, 2.05) is 29.2 Å². The second-order valence-corrected chi connectivity index (χ2v) is 9.38. The van der Waals surface area contributed by atoms with E-state index in [1.165, 1.54) is 6.26 Å². The summed E-state index contributed by atoms with van der Waals surface area (Å²) < 4.78 is 7.51. The largest absolute Gasteiger partial charge is 0.448 e. The predicted octanol–water partition coefficient (Wildman–Crippen LogP) is -0.332. The molecule has 0 bridgehead atoms. The van der Waals surface area contributed by atoms with Crippen molar-refractivity contribution in [3.8, 4) is 11.3 Å². The fraction of sp³-hybridized carbons (Fsp3) is 0.286. The molecule has 1 fully saturated rings. The Kier molecular flexibility index (Phi) is 5.53. The summed E-state index contributed by atoms with van der Waals surface area (Å²) in [5.41, 5.74) is 2.00. The van der Waals surface area contributed by atoms with E-state index in [9.17, 15) is 4.79 Å². The van der Waals surface area contributed by atoms with Gasteiger partial charge in [-0.3, -0.25) is 14.5 Å². The minimum Gasteiger partial charge on any atom is -0.448 e. The lowest BCUT2D eigenvalue weighted by Crippen LogP contribution is -2.35. The van der Waals surface area contributed by atoms with Crippen molar-refractivity contribution in [3.63, 3.8) is 0 Å². The predicted molar refractivity (Wildman–Crippen MR) is 134 cm³/mol. The average molecular weight is 439 g/mol. The Labute approximate surface area is 194 Å². The molecule has 1 aliphatic heterocycles. The van der Waals surface area contributed by atoms with Crippen LogP contribution >= 0.6 is 0 Å². The van der Waals surface area contributed by atoms with Gasteiger partial charge in [0.1, 0.15) is 35.6 Å². The Morgan fingerprint density at radius 2 is 1.91 bits per heavy atom. The van der Waals surface area contributed by atoms with Gasteiger partial charge in [0.2, 0.25) is 0 Å². The molecule has 2 N–H and O–H groups in total. The minimum atomic E-state index is -0.341. The number of nitrogens with one attached hydrogen (secondary N) is 2. The lowest BCUT2D eigenvalue weighted by molar-refractivity contribution is 0.102. The van der Waals surface area contributed by atoms with Crippen LogP contribution in [0.4, 0.5) is 5.82 Å². The molecule has 0 aromatic carbocycles. The zero-order valence-corrected chi connectivity index (χ0v) is 19.0. The van der Waals surface area contributed by atoms with Crippen LogP contribution in [-0.4, -0.2) is 67.3 Å². The monoisotopic (exact) mass is 439 g/mol. The summed E-state index contributed by atoms with van der Waals surface area (Å²) in [6.07, 6.45) is 10.6. The number of pyridine rings is 2. The van der Waals surface area contributed by atoms with Crippen LogP contribution in [0.2, 0.25) is 0 Å².